The van der Waals surface area contributed by atoms with Gasteiger partial charge in [-0.15, -0.1) is 0 Å². The van der Waals surface area contributed by atoms with Gasteiger partial charge in [-0.05, 0) is 25.0 Å². The van der Waals surface area contributed by atoms with Crippen LogP contribution in [0.4, 0.5) is 0 Å². The maximum atomic E-state index is 12.3. The smallest absolute Gasteiger partial charge is 0.468 e. The molecule has 0 amide bonds. The van der Waals surface area contributed by atoms with E-state index in [1.807, 2.05) is 0 Å². The van der Waals surface area contributed by atoms with Crippen molar-refractivity contribution in [3.05, 3.63) is 0 Å². The molecule has 0 aliphatic rings. The molecule has 0 aromatic carbocycles. The van der Waals surface area contributed by atoms with Gasteiger partial charge in [0.15, 0.2) is 0 Å². The quantitative estimate of drug-likeness (QED) is 0.0413. The topological polar surface area (TPSA) is 119 Å². The molecule has 0 unspecified atom stereocenters. The molecular formula is C27H53O8PS. The summed E-state index contributed by atoms with van der Waals surface area (Å²) in [6.07, 6.45) is 20.6. The molecule has 0 saturated heterocycles. The zero-order valence-electron chi connectivity index (χ0n) is 23.1. The molecule has 0 radical (unpaired) electrons. The number of carbonyl (C=O) groups is 2. The van der Waals surface area contributed by atoms with E-state index in [1.54, 1.807) is 11.8 Å². The highest BCUT2D eigenvalue weighted by molar-refractivity contribution is 7.99. The highest BCUT2D eigenvalue weighted by Gasteiger charge is 2.21. The first kappa shape index (κ1) is 36.4. The zero-order valence-corrected chi connectivity index (χ0v) is 24.8. The number of hydrogen-bond acceptors (Lipinski definition) is 7. The summed E-state index contributed by atoms with van der Waals surface area (Å²) in [5.41, 5.74) is 0. The van der Waals surface area contributed by atoms with E-state index in [0.717, 1.165) is 63.5 Å². The molecule has 220 valence electrons. The molecular weight excluding hydrogens is 515 g/mol. The first-order chi connectivity index (χ1) is 17.9. The van der Waals surface area contributed by atoms with Crippen molar-refractivity contribution in [1.82, 2.24) is 0 Å². The van der Waals surface area contributed by atoms with Crippen molar-refractivity contribution in [1.29, 1.82) is 0 Å². The van der Waals surface area contributed by atoms with Gasteiger partial charge in [0, 0.05) is 12.2 Å². The van der Waals surface area contributed by atoms with Gasteiger partial charge >= 0.3 is 13.8 Å². The summed E-state index contributed by atoms with van der Waals surface area (Å²) in [6, 6.07) is 0. The fourth-order valence-corrected chi connectivity index (χ4v) is 5.37. The average molecular weight is 569 g/mol. The first-order valence-corrected chi connectivity index (χ1v) is 17.1. The number of unbranched alkanes of at least 4 members (excludes halogenated alkanes) is 16. The first-order valence-electron chi connectivity index (χ1n) is 14.4. The predicted molar refractivity (Wildman–Crippen MR) is 151 cm³/mol. The van der Waals surface area contributed by atoms with Crippen molar-refractivity contribution in [3.63, 3.8) is 0 Å². The molecule has 8 nitrogen and oxygen atoms in total. The Morgan fingerprint density at radius 2 is 1.32 bits per heavy atom. The number of carbonyl (C=O) groups excluding carboxylic acids is 2. The van der Waals surface area contributed by atoms with Crippen LogP contribution < -0.4 is 0 Å². The molecule has 0 bridgehead atoms. The molecule has 10 heteroatoms. The Balaban J connectivity index is 3.88. The molecule has 0 fully saturated rings. The van der Waals surface area contributed by atoms with Gasteiger partial charge < -0.3 is 19.3 Å². The molecule has 37 heavy (non-hydrogen) atoms. The van der Waals surface area contributed by atoms with Crippen LogP contribution in [0.25, 0.3) is 0 Å². The largest absolute Gasteiger partial charge is 0.469 e. The second kappa shape index (κ2) is 27.0. The lowest BCUT2D eigenvalue weighted by atomic mass is 10.0. The molecule has 1 atom stereocenters. The standard InChI is InChI=1S/C27H53O8PS/c1-2-3-4-5-6-7-8-9-10-11-14-17-20-27(29)35-26(23-34-36(30,31)32)24-37-22-19-16-13-12-15-18-21-33-25-28/h25-26H,2-24H2,1H3,(H2,30,31,32)/t26-/m1/s1. The van der Waals surface area contributed by atoms with E-state index in [2.05, 4.69) is 16.2 Å². The van der Waals surface area contributed by atoms with Gasteiger partial charge in [-0.1, -0.05) is 103 Å². The number of rotatable bonds is 29. The number of ether oxygens (including phenoxy) is 2. The van der Waals surface area contributed by atoms with Gasteiger partial charge in [0.2, 0.25) is 0 Å². The van der Waals surface area contributed by atoms with Gasteiger partial charge in [0.1, 0.15) is 6.10 Å². The summed E-state index contributed by atoms with van der Waals surface area (Å²) in [5, 5.41) is 0. The van der Waals surface area contributed by atoms with Crippen LogP contribution in [0.3, 0.4) is 0 Å². The minimum atomic E-state index is -4.61. The van der Waals surface area contributed by atoms with Crippen LogP contribution in [0.5, 0.6) is 0 Å². The van der Waals surface area contributed by atoms with Crippen LogP contribution in [0.15, 0.2) is 0 Å². The number of thioether (sulfide) groups is 1. The maximum Gasteiger partial charge on any atom is 0.469 e. The molecule has 0 heterocycles. The lowest BCUT2D eigenvalue weighted by molar-refractivity contribution is -0.149. The number of esters is 1. The fraction of sp³-hybridized carbons (Fsp3) is 0.926. The van der Waals surface area contributed by atoms with Crippen LogP contribution in [0.2, 0.25) is 0 Å². The molecule has 0 rings (SSSR count). The monoisotopic (exact) mass is 568 g/mol. The molecule has 0 spiro atoms. The lowest BCUT2D eigenvalue weighted by Crippen LogP contribution is -2.25. The van der Waals surface area contributed by atoms with E-state index in [4.69, 9.17) is 14.5 Å². The third-order valence-electron chi connectivity index (χ3n) is 6.13. The van der Waals surface area contributed by atoms with E-state index in [9.17, 15) is 14.2 Å². The normalized spacial score (nSPS) is 12.4. The Morgan fingerprint density at radius 3 is 1.86 bits per heavy atom. The molecule has 0 aromatic rings. The Morgan fingerprint density at radius 1 is 0.811 bits per heavy atom. The third kappa shape index (κ3) is 29.8. The average Bonchev–Trinajstić information content (AvgIpc) is 2.85. The van der Waals surface area contributed by atoms with E-state index >= 15 is 0 Å². The summed E-state index contributed by atoms with van der Waals surface area (Å²) < 4.78 is 25.8. The van der Waals surface area contributed by atoms with Crippen molar-refractivity contribution in [2.75, 3.05) is 24.7 Å². The Hall–Kier alpha value is -0.600. The van der Waals surface area contributed by atoms with Crippen LogP contribution in [-0.2, 0) is 28.2 Å². The van der Waals surface area contributed by atoms with E-state index < -0.39 is 13.9 Å². The summed E-state index contributed by atoms with van der Waals surface area (Å²) in [4.78, 5) is 40.3. The number of hydrogen-bond donors (Lipinski definition) is 2. The van der Waals surface area contributed by atoms with Crippen LogP contribution in [0, 0.1) is 0 Å². The predicted octanol–water partition coefficient (Wildman–Crippen LogP) is 7.35. The second-order valence-electron chi connectivity index (χ2n) is 9.70. The van der Waals surface area contributed by atoms with Crippen molar-refractivity contribution >= 4 is 32.0 Å². The summed E-state index contributed by atoms with van der Waals surface area (Å²) >= 11 is 1.61. The molecule has 0 aromatic heterocycles. The van der Waals surface area contributed by atoms with E-state index in [0.29, 0.717) is 25.3 Å². The van der Waals surface area contributed by atoms with Gasteiger partial charge in [-0.3, -0.25) is 14.1 Å². The van der Waals surface area contributed by atoms with Gasteiger partial charge in [0.25, 0.3) is 6.47 Å². The van der Waals surface area contributed by atoms with Crippen molar-refractivity contribution < 1.29 is 37.9 Å². The summed E-state index contributed by atoms with van der Waals surface area (Å²) in [5.74, 6) is 1.01. The Kier molecular flexibility index (Phi) is 26.5. The van der Waals surface area contributed by atoms with Gasteiger partial charge in [-0.25, -0.2) is 4.57 Å². The SMILES string of the molecule is CCCCCCCCCCCCCCC(=O)O[C@H](COP(=O)(O)O)CSCCCCCCCCOC=O. The van der Waals surface area contributed by atoms with Gasteiger partial charge in [-0.2, -0.15) is 11.8 Å². The Bertz CT molecular complexity index is 573. The van der Waals surface area contributed by atoms with Gasteiger partial charge in [0.05, 0.1) is 13.2 Å². The zero-order chi connectivity index (χ0) is 27.5. The van der Waals surface area contributed by atoms with Crippen molar-refractivity contribution in [2.24, 2.45) is 0 Å². The van der Waals surface area contributed by atoms with Crippen molar-refractivity contribution in [2.45, 2.75) is 135 Å². The molecule has 0 aliphatic heterocycles. The Labute approximate surface area is 229 Å². The molecule has 0 aliphatic carbocycles. The van der Waals surface area contributed by atoms with Crippen LogP contribution in [-0.4, -0.2) is 53.1 Å². The molecule has 0 saturated carbocycles. The van der Waals surface area contributed by atoms with E-state index in [1.165, 1.54) is 57.8 Å². The highest BCUT2D eigenvalue weighted by atomic mass is 32.2. The minimum Gasteiger partial charge on any atom is -0.468 e. The van der Waals surface area contributed by atoms with E-state index in [-0.39, 0.29) is 12.6 Å². The third-order valence-corrected chi connectivity index (χ3v) is 7.80. The maximum absolute atomic E-state index is 12.3. The summed E-state index contributed by atoms with van der Waals surface area (Å²) in [7, 11) is -4.61. The van der Waals surface area contributed by atoms with Crippen molar-refractivity contribution in [3.8, 4) is 0 Å². The number of phosphoric acid groups is 1. The lowest BCUT2D eigenvalue weighted by Gasteiger charge is -2.18. The fourth-order valence-electron chi connectivity index (χ4n) is 4.01. The highest BCUT2D eigenvalue weighted by Crippen LogP contribution is 2.36. The van der Waals surface area contributed by atoms with Crippen LogP contribution >= 0.6 is 19.6 Å². The second-order valence-corrected chi connectivity index (χ2v) is 12.1. The van der Waals surface area contributed by atoms with Crippen LogP contribution in [0.1, 0.15) is 129 Å². The minimum absolute atomic E-state index is 0.301. The summed E-state index contributed by atoms with van der Waals surface area (Å²) in [6.45, 7) is 2.90. The molecule has 2 N–H and O–H groups in total. The number of phosphoric ester groups is 1.